The Hall–Kier alpha value is -0.790. The lowest BCUT2D eigenvalue weighted by molar-refractivity contribution is -0.727. The van der Waals surface area contributed by atoms with E-state index < -0.39 is 0 Å². The highest BCUT2D eigenvalue weighted by Gasteiger charge is 2.24. The van der Waals surface area contributed by atoms with Crippen molar-refractivity contribution < 1.29 is 4.57 Å². The van der Waals surface area contributed by atoms with E-state index in [2.05, 4.69) is 49.6 Å². The fourth-order valence-electron chi connectivity index (χ4n) is 6.14. The first-order valence-corrected chi connectivity index (χ1v) is 17.3. The molecule has 1 N–H and O–H groups in total. The zero-order valence-corrected chi connectivity index (χ0v) is 26.1. The fourth-order valence-corrected chi connectivity index (χ4v) is 6.14. The average molecular weight is 518 g/mol. The van der Waals surface area contributed by atoms with Crippen molar-refractivity contribution in [3.8, 4) is 0 Å². The van der Waals surface area contributed by atoms with Crippen LogP contribution in [0.4, 0.5) is 0 Å². The monoisotopic (exact) mass is 518 g/mol. The van der Waals surface area contributed by atoms with Gasteiger partial charge in [0.15, 0.2) is 0 Å². The highest BCUT2D eigenvalue weighted by molar-refractivity contribution is 4.90. The van der Waals surface area contributed by atoms with Gasteiger partial charge in [0.2, 0.25) is 0 Å². The summed E-state index contributed by atoms with van der Waals surface area (Å²) in [5.74, 6) is 2.21. The van der Waals surface area contributed by atoms with Gasteiger partial charge >= 0.3 is 0 Å². The Morgan fingerprint density at radius 3 is 1.35 bits per heavy atom. The summed E-state index contributed by atoms with van der Waals surface area (Å²) in [7, 11) is 0. The molecule has 0 saturated heterocycles. The van der Waals surface area contributed by atoms with Gasteiger partial charge in [0, 0.05) is 0 Å². The van der Waals surface area contributed by atoms with Crippen LogP contribution in [-0.4, -0.2) is 4.98 Å². The molecule has 1 aromatic rings. The second-order valence-electron chi connectivity index (χ2n) is 12.2. The fraction of sp³-hybridized carbons (Fsp3) is 0.914. The van der Waals surface area contributed by atoms with Gasteiger partial charge in [0.1, 0.15) is 12.4 Å². The number of imidazole rings is 1. The Bertz CT molecular complexity index is 578. The Kier molecular flexibility index (Phi) is 23.6. The van der Waals surface area contributed by atoms with Crippen LogP contribution in [0.25, 0.3) is 0 Å². The third-order valence-corrected chi connectivity index (χ3v) is 8.62. The summed E-state index contributed by atoms with van der Waals surface area (Å²) in [6.45, 7) is 9.41. The van der Waals surface area contributed by atoms with E-state index in [1.165, 1.54) is 173 Å². The van der Waals surface area contributed by atoms with Gasteiger partial charge in [0.25, 0.3) is 5.82 Å². The maximum atomic E-state index is 3.66. The molecule has 0 saturated carbocycles. The van der Waals surface area contributed by atoms with E-state index in [9.17, 15) is 0 Å². The number of unbranched alkanes of at least 4 members (excludes halogenated alkanes) is 20. The van der Waals surface area contributed by atoms with Crippen molar-refractivity contribution in [2.45, 2.75) is 207 Å². The van der Waals surface area contributed by atoms with E-state index in [-0.39, 0.29) is 0 Å². The summed E-state index contributed by atoms with van der Waals surface area (Å²) < 4.78 is 2.59. The molecule has 0 aliphatic heterocycles. The van der Waals surface area contributed by atoms with Gasteiger partial charge in [-0.2, -0.15) is 0 Å². The van der Waals surface area contributed by atoms with E-state index in [4.69, 9.17) is 0 Å². The highest BCUT2D eigenvalue weighted by Crippen LogP contribution is 2.26. The summed E-state index contributed by atoms with van der Waals surface area (Å²) in [6, 6.07) is 0.622. The molecule has 1 aromatic heterocycles. The van der Waals surface area contributed by atoms with E-state index in [1.54, 1.807) is 0 Å². The molecule has 0 bridgehead atoms. The number of hydrogen-bond donors (Lipinski definition) is 1. The van der Waals surface area contributed by atoms with Crippen molar-refractivity contribution in [2.75, 3.05) is 0 Å². The van der Waals surface area contributed by atoms with Gasteiger partial charge in [-0.3, -0.25) is 0 Å². The third kappa shape index (κ3) is 18.2. The summed E-state index contributed by atoms with van der Waals surface area (Å²) in [5, 5.41) is 0. The number of rotatable bonds is 28. The molecule has 2 nitrogen and oxygen atoms in total. The number of aromatic amines is 1. The Morgan fingerprint density at radius 2 is 0.919 bits per heavy atom. The molecule has 2 heteroatoms. The topological polar surface area (TPSA) is 19.7 Å². The van der Waals surface area contributed by atoms with Crippen molar-refractivity contribution in [3.05, 3.63) is 18.2 Å². The lowest BCUT2D eigenvalue weighted by Crippen LogP contribution is -2.41. The van der Waals surface area contributed by atoms with Crippen LogP contribution in [0, 0.1) is 0 Å². The van der Waals surface area contributed by atoms with Crippen molar-refractivity contribution in [3.63, 3.8) is 0 Å². The van der Waals surface area contributed by atoms with E-state index >= 15 is 0 Å². The van der Waals surface area contributed by atoms with Crippen LogP contribution in [0.15, 0.2) is 12.4 Å². The molecular weight excluding hydrogens is 448 g/mol. The predicted octanol–water partition coefficient (Wildman–Crippen LogP) is 12.1. The van der Waals surface area contributed by atoms with Crippen molar-refractivity contribution in [1.29, 1.82) is 0 Å². The standard InChI is InChI=1S/C35H68N2/c1-5-8-10-12-14-16-17-18-19-20-21-23-25-27-30-34(28-7-3)35-36-31-32-37(35)33(4)29-26-24-22-15-13-11-9-6-2/h31-34H,5-30H2,1-4H3/p+1. The first kappa shape index (κ1) is 34.2. The first-order chi connectivity index (χ1) is 18.2. The van der Waals surface area contributed by atoms with Crippen LogP contribution in [0.3, 0.4) is 0 Å². The van der Waals surface area contributed by atoms with E-state index in [0.29, 0.717) is 12.0 Å². The number of hydrogen-bond acceptors (Lipinski definition) is 0. The third-order valence-electron chi connectivity index (χ3n) is 8.62. The minimum Gasteiger partial charge on any atom is -0.247 e. The highest BCUT2D eigenvalue weighted by atomic mass is 15.1. The molecule has 218 valence electrons. The van der Waals surface area contributed by atoms with Gasteiger partial charge < -0.3 is 0 Å². The Balaban J connectivity index is 2.17. The average Bonchev–Trinajstić information content (AvgIpc) is 3.39. The molecule has 37 heavy (non-hydrogen) atoms. The van der Waals surface area contributed by atoms with Crippen LogP contribution in [0.1, 0.15) is 212 Å². The molecule has 0 aliphatic carbocycles. The molecule has 2 atom stereocenters. The number of nitrogens with zero attached hydrogens (tertiary/aromatic N) is 1. The Morgan fingerprint density at radius 1 is 0.514 bits per heavy atom. The largest absolute Gasteiger partial charge is 0.257 e. The second-order valence-corrected chi connectivity index (χ2v) is 12.2. The summed E-state index contributed by atoms with van der Waals surface area (Å²) in [4.78, 5) is 3.66. The molecule has 0 radical (unpaired) electrons. The van der Waals surface area contributed by atoms with E-state index in [0.717, 1.165) is 0 Å². The maximum Gasteiger partial charge on any atom is 0.257 e. The summed E-state index contributed by atoms with van der Waals surface area (Å²) >= 11 is 0. The number of nitrogens with one attached hydrogen (secondary N) is 1. The number of H-pyrrole nitrogens is 1. The van der Waals surface area contributed by atoms with Crippen LogP contribution < -0.4 is 4.57 Å². The van der Waals surface area contributed by atoms with Gasteiger partial charge in [0.05, 0.1) is 12.0 Å². The molecule has 0 amide bonds. The van der Waals surface area contributed by atoms with Gasteiger partial charge in [-0.15, -0.1) is 0 Å². The minimum absolute atomic E-state index is 0.622. The molecule has 1 heterocycles. The van der Waals surface area contributed by atoms with Crippen LogP contribution in [0.5, 0.6) is 0 Å². The molecule has 2 unspecified atom stereocenters. The molecule has 0 aliphatic rings. The Labute approximate surface area is 234 Å². The van der Waals surface area contributed by atoms with Crippen molar-refractivity contribution in [1.82, 2.24) is 4.98 Å². The predicted molar refractivity (Wildman–Crippen MR) is 166 cm³/mol. The summed E-state index contributed by atoms with van der Waals surface area (Å²) in [6.07, 6.45) is 41.3. The molecule has 0 aromatic carbocycles. The van der Waals surface area contributed by atoms with Gasteiger partial charge in [-0.1, -0.05) is 162 Å². The van der Waals surface area contributed by atoms with Crippen molar-refractivity contribution >= 4 is 0 Å². The minimum atomic E-state index is 0.622. The smallest absolute Gasteiger partial charge is 0.247 e. The maximum absolute atomic E-state index is 3.66. The zero-order valence-electron chi connectivity index (χ0n) is 26.1. The molecule has 0 spiro atoms. The lowest BCUT2D eigenvalue weighted by atomic mass is 9.94. The van der Waals surface area contributed by atoms with Crippen LogP contribution in [0.2, 0.25) is 0 Å². The normalized spacial score (nSPS) is 13.3. The molecule has 1 rings (SSSR count). The summed E-state index contributed by atoms with van der Waals surface area (Å²) in [5.41, 5.74) is 0. The van der Waals surface area contributed by atoms with Gasteiger partial charge in [-0.25, -0.2) is 9.55 Å². The zero-order chi connectivity index (χ0) is 26.8. The first-order valence-electron chi connectivity index (χ1n) is 17.3. The van der Waals surface area contributed by atoms with Crippen molar-refractivity contribution in [2.24, 2.45) is 0 Å². The second kappa shape index (κ2) is 25.5. The molecular formula is C35H69N2+. The molecule has 0 fully saturated rings. The quantitative estimate of drug-likeness (QED) is 0.0842. The number of aromatic nitrogens is 2. The van der Waals surface area contributed by atoms with E-state index in [1.807, 2.05) is 0 Å². The lowest BCUT2D eigenvalue weighted by Gasteiger charge is -2.16. The van der Waals surface area contributed by atoms with Gasteiger partial charge in [-0.05, 0) is 32.6 Å². The van der Waals surface area contributed by atoms with Crippen LogP contribution in [-0.2, 0) is 0 Å². The SMILES string of the molecule is CCCCCCCCCCCCCCCCC(CCC)c1[nH]cc[n+]1C(C)CCCCCCCCCC. The van der Waals surface area contributed by atoms with Crippen LogP contribution >= 0.6 is 0 Å².